The normalized spacial score (nSPS) is 16.4. The van der Waals surface area contributed by atoms with Crippen LogP contribution in [-0.2, 0) is 0 Å². The topological polar surface area (TPSA) is 41.1 Å². The summed E-state index contributed by atoms with van der Waals surface area (Å²) in [6.45, 7) is 10.6. The van der Waals surface area contributed by atoms with E-state index in [1.165, 1.54) is 12.8 Å². The van der Waals surface area contributed by atoms with Crippen LogP contribution < -0.4 is 10.2 Å². The maximum absolute atomic E-state index is 4.60. The summed E-state index contributed by atoms with van der Waals surface area (Å²) in [5.74, 6) is 1.79. The van der Waals surface area contributed by atoms with Crippen molar-refractivity contribution >= 4 is 11.8 Å². The fourth-order valence-corrected chi connectivity index (χ4v) is 2.05. The Balaban J connectivity index is 2.22. The van der Waals surface area contributed by atoms with E-state index in [0.717, 1.165) is 30.5 Å². The average molecular weight is 234 g/mol. The van der Waals surface area contributed by atoms with Gasteiger partial charge in [0.2, 0.25) is 5.95 Å². The van der Waals surface area contributed by atoms with Crippen molar-refractivity contribution in [2.75, 3.05) is 23.3 Å². The molecular formula is C13H22N4. The largest absolute Gasteiger partial charge is 0.356 e. The second-order valence-corrected chi connectivity index (χ2v) is 5.76. The summed E-state index contributed by atoms with van der Waals surface area (Å²) in [5.41, 5.74) is 1.02. The predicted octanol–water partition coefficient (Wildman–Crippen LogP) is 2.60. The minimum absolute atomic E-state index is 0.00390. The van der Waals surface area contributed by atoms with Crippen LogP contribution in [0.5, 0.6) is 0 Å². The number of hydrogen-bond donors (Lipinski definition) is 1. The van der Waals surface area contributed by atoms with Gasteiger partial charge in [0, 0.05) is 30.4 Å². The van der Waals surface area contributed by atoms with Gasteiger partial charge in [-0.3, -0.25) is 0 Å². The maximum atomic E-state index is 4.60. The first-order valence-electron chi connectivity index (χ1n) is 6.33. The van der Waals surface area contributed by atoms with Crippen LogP contribution in [0.25, 0.3) is 0 Å². The lowest BCUT2D eigenvalue weighted by Gasteiger charge is -2.23. The van der Waals surface area contributed by atoms with Crippen LogP contribution in [-0.4, -0.2) is 28.6 Å². The minimum Gasteiger partial charge on any atom is -0.356 e. The van der Waals surface area contributed by atoms with Crippen molar-refractivity contribution in [1.82, 2.24) is 9.97 Å². The van der Waals surface area contributed by atoms with Crippen molar-refractivity contribution in [3.63, 3.8) is 0 Å². The second-order valence-electron chi connectivity index (χ2n) is 5.76. The minimum atomic E-state index is -0.00390. The molecule has 1 N–H and O–H groups in total. The SMILES string of the molecule is Cc1cc(N2CCCC2)nc(NC(C)(C)C)n1. The lowest BCUT2D eigenvalue weighted by atomic mass is 10.1. The Bertz CT molecular complexity index is 389. The molecule has 1 aliphatic rings. The van der Waals surface area contributed by atoms with Gasteiger partial charge in [-0.2, -0.15) is 4.98 Å². The van der Waals surface area contributed by atoms with Gasteiger partial charge in [0.15, 0.2) is 0 Å². The summed E-state index contributed by atoms with van der Waals surface area (Å²) in [4.78, 5) is 11.4. The molecule has 0 saturated carbocycles. The van der Waals surface area contributed by atoms with Gasteiger partial charge in [-0.05, 0) is 40.5 Å². The van der Waals surface area contributed by atoms with Crippen LogP contribution in [0.3, 0.4) is 0 Å². The molecule has 0 spiro atoms. The zero-order valence-electron chi connectivity index (χ0n) is 11.2. The number of hydrogen-bond acceptors (Lipinski definition) is 4. The van der Waals surface area contributed by atoms with Crippen LogP contribution in [0.1, 0.15) is 39.3 Å². The number of aromatic nitrogens is 2. The van der Waals surface area contributed by atoms with Gasteiger partial charge in [-0.15, -0.1) is 0 Å². The molecule has 4 nitrogen and oxygen atoms in total. The first kappa shape index (κ1) is 12.1. The van der Waals surface area contributed by atoms with Crippen molar-refractivity contribution in [3.05, 3.63) is 11.8 Å². The summed E-state index contributed by atoms with van der Waals surface area (Å²) in [5, 5.41) is 3.34. The van der Waals surface area contributed by atoms with Crippen molar-refractivity contribution in [2.45, 2.75) is 46.1 Å². The molecule has 0 atom stereocenters. The number of nitrogens with zero attached hydrogens (tertiary/aromatic N) is 3. The Morgan fingerprint density at radius 2 is 1.82 bits per heavy atom. The first-order valence-corrected chi connectivity index (χ1v) is 6.33. The van der Waals surface area contributed by atoms with Crippen LogP contribution in [0.2, 0.25) is 0 Å². The molecule has 1 saturated heterocycles. The van der Waals surface area contributed by atoms with E-state index in [9.17, 15) is 0 Å². The van der Waals surface area contributed by atoms with E-state index in [2.05, 4.69) is 47.0 Å². The van der Waals surface area contributed by atoms with E-state index in [0.29, 0.717) is 0 Å². The number of aryl methyl sites for hydroxylation is 1. The molecule has 0 aliphatic carbocycles. The highest BCUT2D eigenvalue weighted by atomic mass is 15.2. The molecule has 2 rings (SSSR count). The third-order valence-electron chi connectivity index (χ3n) is 2.76. The van der Waals surface area contributed by atoms with Crippen molar-refractivity contribution in [2.24, 2.45) is 0 Å². The molecule has 0 amide bonds. The fourth-order valence-electron chi connectivity index (χ4n) is 2.05. The molecule has 17 heavy (non-hydrogen) atoms. The smallest absolute Gasteiger partial charge is 0.225 e. The van der Waals surface area contributed by atoms with E-state index < -0.39 is 0 Å². The van der Waals surface area contributed by atoms with Crippen molar-refractivity contribution in [1.29, 1.82) is 0 Å². The highest BCUT2D eigenvalue weighted by molar-refractivity contribution is 5.46. The Morgan fingerprint density at radius 1 is 1.18 bits per heavy atom. The number of nitrogens with one attached hydrogen (secondary N) is 1. The zero-order chi connectivity index (χ0) is 12.5. The molecule has 0 aromatic carbocycles. The van der Waals surface area contributed by atoms with E-state index >= 15 is 0 Å². The van der Waals surface area contributed by atoms with Crippen LogP contribution in [0.4, 0.5) is 11.8 Å². The summed E-state index contributed by atoms with van der Waals surface area (Å²) in [6, 6.07) is 2.07. The number of rotatable bonds is 2. The van der Waals surface area contributed by atoms with Crippen LogP contribution >= 0.6 is 0 Å². The predicted molar refractivity (Wildman–Crippen MR) is 71.6 cm³/mol. The molecule has 1 aromatic heterocycles. The lowest BCUT2D eigenvalue weighted by Crippen LogP contribution is -2.28. The van der Waals surface area contributed by atoms with E-state index in [1.54, 1.807) is 0 Å². The molecule has 0 unspecified atom stereocenters. The molecule has 94 valence electrons. The lowest BCUT2D eigenvalue weighted by molar-refractivity contribution is 0.625. The average Bonchev–Trinajstić information content (AvgIpc) is 2.65. The monoisotopic (exact) mass is 234 g/mol. The molecule has 0 bridgehead atoms. The highest BCUT2D eigenvalue weighted by Gasteiger charge is 2.17. The molecule has 1 fully saturated rings. The van der Waals surface area contributed by atoms with Gasteiger partial charge >= 0.3 is 0 Å². The van der Waals surface area contributed by atoms with Gasteiger partial charge in [-0.1, -0.05) is 0 Å². The van der Waals surface area contributed by atoms with Gasteiger partial charge in [-0.25, -0.2) is 4.98 Å². The second kappa shape index (κ2) is 4.51. The third-order valence-corrected chi connectivity index (χ3v) is 2.76. The third kappa shape index (κ3) is 3.32. The van der Waals surface area contributed by atoms with E-state index in [4.69, 9.17) is 0 Å². The Labute approximate surface area is 103 Å². The quantitative estimate of drug-likeness (QED) is 0.854. The van der Waals surface area contributed by atoms with Gasteiger partial charge in [0.25, 0.3) is 0 Å². The summed E-state index contributed by atoms with van der Waals surface area (Å²) in [6.07, 6.45) is 2.54. The van der Waals surface area contributed by atoms with Gasteiger partial charge in [0.05, 0.1) is 0 Å². The van der Waals surface area contributed by atoms with Crippen molar-refractivity contribution < 1.29 is 0 Å². The number of anilines is 2. The Kier molecular flexibility index (Phi) is 3.22. The maximum Gasteiger partial charge on any atom is 0.225 e. The highest BCUT2D eigenvalue weighted by Crippen LogP contribution is 2.21. The van der Waals surface area contributed by atoms with Crippen LogP contribution in [0.15, 0.2) is 6.07 Å². The standard InChI is InChI=1S/C13H22N4/c1-10-9-11(17-7-5-6-8-17)15-12(14-10)16-13(2,3)4/h9H,5-8H2,1-4H3,(H,14,15,16). The van der Waals surface area contributed by atoms with Crippen molar-refractivity contribution in [3.8, 4) is 0 Å². The summed E-state index contributed by atoms with van der Waals surface area (Å²) < 4.78 is 0. The summed E-state index contributed by atoms with van der Waals surface area (Å²) >= 11 is 0. The Morgan fingerprint density at radius 3 is 2.41 bits per heavy atom. The summed E-state index contributed by atoms with van der Waals surface area (Å²) in [7, 11) is 0. The van der Waals surface area contributed by atoms with Gasteiger partial charge in [0.1, 0.15) is 5.82 Å². The van der Waals surface area contributed by atoms with Gasteiger partial charge < -0.3 is 10.2 Å². The first-order chi connectivity index (χ1) is 7.94. The van der Waals surface area contributed by atoms with E-state index in [-0.39, 0.29) is 5.54 Å². The molecule has 4 heteroatoms. The zero-order valence-corrected chi connectivity index (χ0v) is 11.2. The fraction of sp³-hybridized carbons (Fsp3) is 0.692. The molecule has 1 aromatic rings. The van der Waals surface area contributed by atoms with E-state index in [1.807, 2.05) is 6.92 Å². The molecule has 1 aliphatic heterocycles. The molecular weight excluding hydrogens is 212 g/mol. The molecule has 0 radical (unpaired) electrons. The Hall–Kier alpha value is -1.32. The van der Waals surface area contributed by atoms with Crippen LogP contribution in [0, 0.1) is 6.92 Å². The molecule has 2 heterocycles.